The van der Waals surface area contributed by atoms with Gasteiger partial charge < -0.3 is 11.1 Å². The van der Waals surface area contributed by atoms with E-state index in [2.05, 4.69) is 5.32 Å². The highest BCUT2D eigenvalue weighted by molar-refractivity contribution is 5.95. The van der Waals surface area contributed by atoms with E-state index in [1.807, 2.05) is 0 Å². The molecule has 1 amide bonds. The largest absolute Gasteiger partial charge is 0.352 e. The summed E-state index contributed by atoms with van der Waals surface area (Å²) < 4.78 is 12.9. The molecule has 0 bridgehead atoms. The number of halogens is 2. The predicted octanol–water partition coefficient (Wildman–Crippen LogP) is 1.46. The van der Waals surface area contributed by atoms with Gasteiger partial charge in [-0.05, 0) is 24.6 Å². The van der Waals surface area contributed by atoms with E-state index < -0.39 is 5.82 Å². The molecule has 0 spiro atoms. The average molecular weight is 233 g/mol. The summed E-state index contributed by atoms with van der Waals surface area (Å²) in [5.41, 5.74) is 6.40. The van der Waals surface area contributed by atoms with Crippen molar-refractivity contribution in [3.63, 3.8) is 0 Å². The zero-order chi connectivity index (χ0) is 10.6. The first kappa shape index (κ1) is 13.9. The molecule has 0 radical (unpaired) electrons. The first-order valence-corrected chi connectivity index (χ1v) is 4.45. The zero-order valence-corrected chi connectivity index (χ0v) is 9.23. The fourth-order valence-corrected chi connectivity index (χ4v) is 1.19. The quantitative estimate of drug-likeness (QED) is 0.829. The Kier molecular flexibility index (Phi) is 5.89. The molecule has 84 valence electrons. The second-order valence-electron chi connectivity index (χ2n) is 2.87. The van der Waals surface area contributed by atoms with Crippen LogP contribution >= 0.6 is 12.4 Å². The number of benzene rings is 1. The number of amides is 1. The SMILES string of the molecule is CCNC(=O)c1cc(F)ccc1CN.Cl. The van der Waals surface area contributed by atoms with Crippen LogP contribution in [0.5, 0.6) is 0 Å². The first-order valence-electron chi connectivity index (χ1n) is 4.45. The van der Waals surface area contributed by atoms with Crippen LogP contribution in [0.15, 0.2) is 18.2 Å². The van der Waals surface area contributed by atoms with E-state index in [-0.39, 0.29) is 24.9 Å². The molecular weight excluding hydrogens is 219 g/mol. The van der Waals surface area contributed by atoms with Gasteiger partial charge in [-0.2, -0.15) is 0 Å². The standard InChI is InChI=1S/C10H13FN2O.ClH/c1-2-13-10(14)9-5-8(11)4-3-7(9)6-12;/h3-5H,2,6,12H2,1H3,(H,13,14);1H. The van der Waals surface area contributed by atoms with Crippen LogP contribution in [-0.4, -0.2) is 12.5 Å². The van der Waals surface area contributed by atoms with Gasteiger partial charge >= 0.3 is 0 Å². The number of nitrogens with one attached hydrogen (secondary N) is 1. The van der Waals surface area contributed by atoms with Crippen molar-refractivity contribution in [1.29, 1.82) is 0 Å². The first-order chi connectivity index (χ1) is 6.69. The maximum atomic E-state index is 12.9. The van der Waals surface area contributed by atoms with Crippen molar-refractivity contribution in [2.45, 2.75) is 13.5 Å². The molecule has 0 aliphatic rings. The number of carbonyl (C=O) groups excluding carboxylic acids is 1. The molecule has 1 aromatic rings. The van der Waals surface area contributed by atoms with Gasteiger partial charge in [-0.25, -0.2) is 4.39 Å². The Hall–Kier alpha value is -1.13. The summed E-state index contributed by atoms with van der Waals surface area (Å²) in [4.78, 5) is 11.4. The summed E-state index contributed by atoms with van der Waals surface area (Å²) in [6.07, 6.45) is 0. The smallest absolute Gasteiger partial charge is 0.251 e. The van der Waals surface area contributed by atoms with Crippen molar-refractivity contribution >= 4 is 18.3 Å². The van der Waals surface area contributed by atoms with Crippen LogP contribution in [0.25, 0.3) is 0 Å². The van der Waals surface area contributed by atoms with E-state index in [1.165, 1.54) is 18.2 Å². The number of rotatable bonds is 3. The lowest BCUT2D eigenvalue weighted by molar-refractivity contribution is 0.0954. The Labute approximate surface area is 94.3 Å². The van der Waals surface area contributed by atoms with Crippen LogP contribution in [0, 0.1) is 5.82 Å². The van der Waals surface area contributed by atoms with Gasteiger partial charge in [0.2, 0.25) is 0 Å². The topological polar surface area (TPSA) is 55.1 Å². The second kappa shape index (κ2) is 6.37. The van der Waals surface area contributed by atoms with Gasteiger partial charge in [-0.1, -0.05) is 6.07 Å². The van der Waals surface area contributed by atoms with E-state index in [4.69, 9.17) is 5.73 Å². The molecule has 0 saturated carbocycles. The molecule has 0 aromatic heterocycles. The van der Waals surface area contributed by atoms with Gasteiger partial charge in [0.15, 0.2) is 0 Å². The summed E-state index contributed by atoms with van der Waals surface area (Å²) in [6, 6.07) is 4.03. The number of nitrogens with two attached hydrogens (primary N) is 1. The zero-order valence-electron chi connectivity index (χ0n) is 8.42. The minimum absolute atomic E-state index is 0. The minimum Gasteiger partial charge on any atom is -0.352 e. The highest BCUT2D eigenvalue weighted by atomic mass is 35.5. The van der Waals surface area contributed by atoms with Crippen LogP contribution in [0.1, 0.15) is 22.8 Å². The van der Waals surface area contributed by atoms with Crippen molar-refractivity contribution < 1.29 is 9.18 Å². The molecule has 0 aliphatic heterocycles. The Morgan fingerprint density at radius 1 is 1.53 bits per heavy atom. The van der Waals surface area contributed by atoms with Crippen LogP contribution in [0.2, 0.25) is 0 Å². The van der Waals surface area contributed by atoms with Crippen LogP contribution < -0.4 is 11.1 Å². The van der Waals surface area contributed by atoms with Crippen molar-refractivity contribution in [2.75, 3.05) is 6.54 Å². The van der Waals surface area contributed by atoms with Crippen molar-refractivity contribution in [3.8, 4) is 0 Å². The van der Waals surface area contributed by atoms with E-state index in [9.17, 15) is 9.18 Å². The molecule has 3 nitrogen and oxygen atoms in total. The lowest BCUT2D eigenvalue weighted by atomic mass is 10.1. The number of hydrogen-bond acceptors (Lipinski definition) is 2. The van der Waals surface area contributed by atoms with Crippen molar-refractivity contribution in [3.05, 3.63) is 35.1 Å². The molecule has 5 heteroatoms. The minimum atomic E-state index is -0.427. The highest BCUT2D eigenvalue weighted by Crippen LogP contribution is 2.10. The van der Waals surface area contributed by atoms with E-state index in [0.717, 1.165) is 0 Å². The fraction of sp³-hybridized carbons (Fsp3) is 0.300. The monoisotopic (exact) mass is 232 g/mol. The third kappa shape index (κ3) is 3.49. The number of carbonyl (C=O) groups is 1. The summed E-state index contributed by atoms with van der Waals surface area (Å²) in [5, 5.41) is 2.60. The van der Waals surface area contributed by atoms with E-state index >= 15 is 0 Å². The van der Waals surface area contributed by atoms with Gasteiger partial charge in [0.1, 0.15) is 5.82 Å². The molecular formula is C10H14ClFN2O. The third-order valence-corrected chi connectivity index (χ3v) is 1.87. The maximum absolute atomic E-state index is 12.9. The lowest BCUT2D eigenvalue weighted by Gasteiger charge is -2.07. The fourth-order valence-electron chi connectivity index (χ4n) is 1.19. The van der Waals surface area contributed by atoms with Crippen LogP contribution in [0.3, 0.4) is 0 Å². The molecule has 0 aliphatic carbocycles. The maximum Gasteiger partial charge on any atom is 0.251 e. The number of hydrogen-bond donors (Lipinski definition) is 2. The van der Waals surface area contributed by atoms with Gasteiger partial charge in [-0.3, -0.25) is 4.79 Å². The third-order valence-electron chi connectivity index (χ3n) is 1.87. The van der Waals surface area contributed by atoms with Gasteiger partial charge in [0, 0.05) is 18.7 Å². The summed E-state index contributed by atoms with van der Waals surface area (Å²) in [6.45, 7) is 2.55. The van der Waals surface area contributed by atoms with Gasteiger partial charge in [0.25, 0.3) is 5.91 Å². The van der Waals surface area contributed by atoms with Crippen LogP contribution in [-0.2, 0) is 6.54 Å². The van der Waals surface area contributed by atoms with E-state index in [0.29, 0.717) is 17.7 Å². The molecule has 0 atom stereocenters. The molecule has 0 fully saturated rings. The Morgan fingerprint density at radius 3 is 2.73 bits per heavy atom. The molecule has 0 heterocycles. The summed E-state index contributed by atoms with van der Waals surface area (Å²) >= 11 is 0. The molecule has 1 aromatic carbocycles. The van der Waals surface area contributed by atoms with Crippen molar-refractivity contribution in [2.24, 2.45) is 5.73 Å². The second-order valence-corrected chi connectivity index (χ2v) is 2.87. The highest BCUT2D eigenvalue weighted by Gasteiger charge is 2.10. The normalized spacial score (nSPS) is 9.27. The Balaban J connectivity index is 0.00000196. The van der Waals surface area contributed by atoms with E-state index in [1.54, 1.807) is 6.92 Å². The van der Waals surface area contributed by atoms with Crippen LogP contribution in [0.4, 0.5) is 4.39 Å². The molecule has 0 saturated heterocycles. The molecule has 15 heavy (non-hydrogen) atoms. The van der Waals surface area contributed by atoms with Crippen molar-refractivity contribution in [1.82, 2.24) is 5.32 Å². The molecule has 3 N–H and O–H groups in total. The van der Waals surface area contributed by atoms with Gasteiger partial charge in [-0.15, -0.1) is 12.4 Å². The molecule has 1 rings (SSSR count). The molecule has 0 unspecified atom stereocenters. The lowest BCUT2D eigenvalue weighted by Crippen LogP contribution is -2.24. The average Bonchev–Trinajstić information content (AvgIpc) is 2.18. The Morgan fingerprint density at radius 2 is 2.20 bits per heavy atom. The Bertz CT molecular complexity index is 344. The van der Waals surface area contributed by atoms with Gasteiger partial charge in [0.05, 0.1) is 0 Å². The predicted molar refractivity (Wildman–Crippen MR) is 59.5 cm³/mol. The summed E-state index contributed by atoms with van der Waals surface area (Å²) in [5.74, 6) is -0.712. The summed E-state index contributed by atoms with van der Waals surface area (Å²) in [7, 11) is 0.